The topological polar surface area (TPSA) is 82.0 Å². The van der Waals surface area contributed by atoms with E-state index in [0.29, 0.717) is 22.8 Å². The highest BCUT2D eigenvalue weighted by atomic mass is 35.5. The normalized spacial score (nSPS) is 10.6. The number of carbonyl (C=O) groups is 2. The Morgan fingerprint density at radius 3 is 2.36 bits per heavy atom. The largest absolute Gasteiger partial charge is 0.351 e. The van der Waals surface area contributed by atoms with Crippen LogP contribution in [0.15, 0.2) is 48.5 Å². The number of benzene rings is 2. The highest BCUT2D eigenvalue weighted by Crippen LogP contribution is 2.21. The van der Waals surface area contributed by atoms with Crippen LogP contribution in [0.4, 0.5) is 5.69 Å². The van der Waals surface area contributed by atoms with Gasteiger partial charge in [-0.1, -0.05) is 35.9 Å². The Morgan fingerprint density at radius 2 is 1.72 bits per heavy atom. The molecule has 2 aromatic carbocycles. The third-order valence-corrected chi connectivity index (χ3v) is 4.05. The van der Waals surface area contributed by atoms with Crippen LogP contribution in [0.1, 0.15) is 25.0 Å². The number of hydrogen-bond donors (Lipinski definition) is 2. The van der Waals surface area contributed by atoms with Crippen molar-refractivity contribution in [3.63, 3.8) is 0 Å². The number of nitriles is 1. The number of nitrogens with one attached hydrogen (secondary N) is 2. The van der Waals surface area contributed by atoms with E-state index < -0.39 is 17.2 Å². The fourth-order valence-electron chi connectivity index (χ4n) is 2.08. The number of hydrogen-bond acceptors (Lipinski definition) is 3. The van der Waals surface area contributed by atoms with Crippen LogP contribution in [-0.4, -0.2) is 11.8 Å². The molecule has 0 aliphatic carbocycles. The average molecular weight is 356 g/mol. The van der Waals surface area contributed by atoms with Gasteiger partial charge in [-0.25, -0.2) is 0 Å². The molecule has 0 atom stereocenters. The summed E-state index contributed by atoms with van der Waals surface area (Å²) < 4.78 is 0. The minimum atomic E-state index is -1.30. The van der Waals surface area contributed by atoms with E-state index >= 15 is 0 Å². The SMILES string of the molecule is CC(C)(C(=O)NCc1ccc(Cl)cc1)C(=O)Nc1ccccc1C#N. The van der Waals surface area contributed by atoms with Crippen LogP contribution in [-0.2, 0) is 16.1 Å². The molecule has 0 unspecified atom stereocenters. The van der Waals surface area contributed by atoms with Crippen molar-refractivity contribution in [2.45, 2.75) is 20.4 Å². The summed E-state index contributed by atoms with van der Waals surface area (Å²) in [6.45, 7) is 3.37. The standard InChI is InChI=1S/C19H18ClN3O2/c1-19(2,17(24)22-12-13-7-9-15(20)10-8-13)18(25)23-16-6-4-3-5-14(16)11-21/h3-10H,12H2,1-2H3,(H,22,24)(H,23,25). The van der Waals surface area contributed by atoms with Crippen molar-refractivity contribution >= 4 is 29.1 Å². The Labute approximate surface area is 151 Å². The maximum Gasteiger partial charge on any atom is 0.239 e. The van der Waals surface area contributed by atoms with E-state index in [1.165, 1.54) is 13.8 Å². The lowest BCUT2D eigenvalue weighted by molar-refractivity contribution is -0.138. The van der Waals surface area contributed by atoms with Crippen molar-refractivity contribution in [1.82, 2.24) is 5.32 Å². The second-order valence-electron chi connectivity index (χ2n) is 6.05. The fraction of sp³-hybridized carbons (Fsp3) is 0.211. The van der Waals surface area contributed by atoms with Crippen molar-refractivity contribution in [2.75, 3.05) is 5.32 Å². The first-order valence-electron chi connectivity index (χ1n) is 7.68. The van der Waals surface area contributed by atoms with Crippen LogP contribution in [0.3, 0.4) is 0 Å². The van der Waals surface area contributed by atoms with Gasteiger partial charge in [-0.3, -0.25) is 9.59 Å². The number of para-hydroxylation sites is 1. The van der Waals surface area contributed by atoms with Gasteiger partial charge < -0.3 is 10.6 Å². The van der Waals surface area contributed by atoms with Gasteiger partial charge in [0.15, 0.2) is 0 Å². The van der Waals surface area contributed by atoms with Crippen LogP contribution in [0.25, 0.3) is 0 Å². The molecular weight excluding hydrogens is 338 g/mol. The van der Waals surface area contributed by atoms with E-state index in [0.717, 1.165) is 5.56 Å². The van der Waals surface area contributed by atoms with Crippen LogP contribution in [0, 0.1) is 16.7 Å². The first kappa shape index (κ1) is 18.5. The molecule has 0 saturated heterocycles. The number of rotatable bonds is 5. The quantitative estimate of drug-likeness (QED) is 0.805. The van der Waals surface area contributed by atoms with Crippen molar-refractivity contribution < 1.29 is 9.59 Å². The van der Waals surface area contributed by atoms with Crippen molar-refractivity contribution in [3.8, 4) is 6.07 Å². The smallest absolute Gasteiger partial charge is 0.239 e. The van der Waals surface area contributed by atoms with Gasteiger partial charge in [0, 0.05) is 11.6 Å². The van der Waals surface area contributed by atoms with E-state index in [1.807, 2.05) is 6.07 Å². The zero-order valence-electron chi connectivity index (χ0n) is 14.0. The summed E-state index contributed by atoms with van der Waals surface area (Å²) >= 11 is 5.83. The van der Waals surface area contributed by atoms with Gasteiger partial charge >= 0.3 is 0 Å². The van der Waals surface area contributed by atoms with Gasteiger partial charge in [-0.05, 0) is 43.7 Å². The molecule has 5 nitrogen and oxygen atoms in total. The van der Waals surface area contributed by atoms with E-state index in [2.05, 4.69) is 10.6 Å². The Bertz CT molecular complexity index is 823. The van der Waals surface area contributed by atoms with Crippen LogP contribution >= 0.6 is 11.6 Å². The molecule has 0 aliphatic heterocycles. The Kier molecular flexibility index (Phi) is 5.79. The zero-order chi connectivity index (χ0) is 18.4. The number of halogens is 1. The van der Waals surface area contributed by atoms with E-state index in [-0.39, 0.29) is 0 Å². The van der Waals surface area contributed by atoms with Crippen molar-refractivity contribution in [2.24, 2.45) is 5.41 Å². The molecule has 0 spiro atoms. The van der Waals surface area contributed by atoms with Crippen LogP contribution in [0.2, 0.25) is 5.02 Å². The summed E-state index contributed by atoms with van der Waals surface area (Å²) in [5.74, 6) is -0.891. The van der Waals surface area contributed by atoms with Gasteiger partial charge in [0.05, 0.1) is 11.3 Å². The van der Waals surface area contributed by atoms with E-state index in [4.69, 9.17) is 16.9 Å². The summed E-state index contributed by atoms with van der Waals surface area (Å²) in [6.07, 6.45) is 0. The minimum absolute atomic E-state index is 0.293. The van der Waals surface area contributed by atoms with Gasteiger partial charge in [-0.2, -0.15) is 5.26 Å². The Morgan fingerprint density at radius 1 is 1.08 bits per heavy atom. The molecule has 0 heterocycles. The lowest BCUT2D eigenvalue weighted by Crippen LogP contribution is -2.45. The second kappa shape index (κ2) is 7.82. The summed E-state index contributed by atoms with van der Waals surface area (Å²) in [5, 5.41) is 15.1. The summed E-state index contributed by atoms with van der Waals surface area (Å²) in [5.41, 5.74) is 0.306. The first-order chi connectivity index (χ1) is 11.8. The molecule has 128 valence electrons. The molecule has 2 rings (SSSR count). The van der Waals surface area contributed by atoms with Gasteiger partial charge in [0.1, 0.15) is 11.5 Å². The predicted molar refractivity (Wildman–Crippen MR) is 96.9 cm³/mol. The molecule has 0 aromatic heterocycles. The molecule has 0 aliphatic rings. The molecule has 0 saturated carbocycles. The highest BCUT2D eigenvalue weighted by molar-refractivity contribution is 6.30. The molecule has 0 bridgehead atoms. The summed E-state index contributed by atoms with van der Waals surface area (Å²) in [7, 11) is 0. The third kappa shape index (κ3) is 4.59. The fourth-order valence-corrected chi connectivity index (χ4v) is 2.20. The van der Waals surface area contributed by atoms with Gasteiger partial charge in [0.2, 0.25) is 11.8 Å². The number of anilines is 1. The Hall–Kier alpha value is -2.84. The molecule has 0 radical (unpaired) electrons. The van der Waals surface area contributed by atoms with E-state index in [1.54, 1.807) is 48.5 Å². The predicted octanol–water partition coefficient (Wildman–Crippen LogP) is 3.49. The van der Waals surface area contributed by atoms with E-state index in [9.17, 15) is 9.59 Å². The summed E-state index contributed by atoms with van der Waals surface area (Å²) in [6, 6.07) is 15.7. The average Bonchev–Trinajstić information content (AvgIpc) is 2.61. The van der Waals surface area contributed by atoms with Crippen LogP contribution in [0.5, 0.6) is 0 Å². The summed E-state index contributed by atoms with van der Waals surface area (Å²) in [4.78, 5) is 24.9. The molecule has 2 N–H and O–H groups in total. The second-order valence-corrected chi connectivity index (χ2v) is 6.48. The maximum atomic E-state index is 12.5. The maximum absolute atomic E-state index is 12.5. The number of amides is 2. The van der Waals surface area contributed by atoms with Crippen molar-refractivity contribution in [3.05, 3.63) is 64.7 Å². The third-order valence-electron chi connectivity index (χ3n) is 3.80. The molecule has 2 amide bonds. The number of nitrogens with zero attached hydrogens (tertiary/aromatic N) is 1. The minimum Gasteiger partial charge on any atom is -0.351 e. The molecule has 25 heavy (non-hydrogen) atoms. The number of carbonyl (C=O) groups excluding carboxylic acids is 2. The monoisotopic (exact) mass is 355 g/mol. The van der Waals surface area contributed by atoms with Crippen LogP contribution < -0.4 is 10.6 Å². The lowest BCUT2D eigenvalue weighted by atomic mass is 9.90. The highest BCUT2D eigenvalue weighted by Gasteiger charge is 2.36. The Balaban J connectivity index is 2.03. The molecule has 0 fully saturated rings. The molecule has 6 heteroatoms. The van der Waals surface area contributed by atoms with Crippen molar-refractivity contribution in [1.29, 1.82) is 5.26 Å². The first-order valence-corrected chi connectivity index (χ1v) is 8.05. The zero-order valence-corrected chi connectivity index (χ0v) is 14.7. The molecular formula is C19H18ClN3O2. The van der Waals surface area contributed by atoms with Gasteiger partial charge in [-0.15, -0.1) is 0 Å². The van der Waals surface area contributed by atoms with Gasteiger partial charge in [0.25, 0.3) is 0 Å². The molecule has 2 aromatic rings. The lowest BCUT2D eigenvalue weighted by Gasteiger charge is -2.23.